The van der Waals surface area contributed by atoms with Gasteiger partial charge in [0.05, 0.1) is 19.0 Å². The van der Waals surface area contributed by atoms with Crippen LogP contribution in [0.3, 0.4) is 0 Å². The summed E-state index contributed by atoms with van der Waals surface area (Å²) in [4.78, 5) is 21.2. The Kier molecular flexibility index (Phi) is 5.18. The van der Waals surface area contributed by atoms with Gasteiger partial charge in [-0.3, -0.25) is 4.68 Å². The van der Waals surface area contributed by atoms with Crippen LogP contribution in [0.15, 0.2) is 47.4 Å². The third kappa shape index (κ3) is 3.95. The van der Waals surface area contributed by atoms with Crippen molar-refractivity contribution < 1.29 is 14.3 Å². The molecule has 0 aliphatic carbocycles. The molecule has 9 heteroatoms. The fourth-order valence-electron chi connectivity index (χ4n) is 2.48. The van der Waals surface area contributed by atoms with E-state index in [0.717, 1.165) is 26.9 Å². The number of methoxy groups -OCH3 is 1. The van der Waals surface area contributed by atoms with Gasteiger partial charge in [-0.1, -0.05) is 0 Å². The Balaban J connectivity index is 1.39. The van der Waals surface area contributed by atoms with Crippen LogP contribution >= 0.6 is 22.7 Å². The van der Waals surface area contributed by atoms with Crippen molar-refractivity contribution in [3.05, 3.63) is 58.8 Å². The molecule has 0 saturated heterocycles. The molecular formula is C19H16N4O3S2. The van der Waals surface area contributed by atoms with Crippen LogP contribution in [0.1, 0.15) is 16.2 Å². The van der Waals surface area contributed by atoms with Gasteiger partial charge in [-0.25, -0.2) is 14.8 Å². The lowest BCUT2D eigenvalue weighted by Crippen LogP contribution is -2.05. The third-order valence-electron chi connectivity index (χ3n) is 3.91. The molecule has 3 aromatic heterocycles. The van der Waals surface area contributed by atoms with E-state index in [0.29, 0.717) is 11.4 Å². The summed E-state index contributed by atoms with van der Waals surface area (Å²) >= 11 is 2.88. The lowest BCUT2D eigenvalue weighted by molar-refractivity contribution is 0.0462. The molecule has 0 aliphatic rings. The molecule has 0 N–H and O–H groups in total. The summed E-state index contributed by atoms with van der Waals surface area (Å²) in [5, 5.41) is 9.30. The van der Waals surface area contributed by atoms with E-state index < -0.39 is 5.97 Å². The first kappa shape index (κ1) is 18.3. The van der Waals surface area contributed by atoms with E-state index >= 15 is 0 Å². The van der Waals surface area contributed by atoms with Crippen molar-refractivity contribution in [3.8, 4) is 26.9 Å². The van der Waals surface area contributed by atoms with E-state index in [2.05, 4.69) is 15.1 Å². The first-order valence-electron chi connectivity index (χ1n) is 8.33. The van der Waals surface area contributed by atoms with E-state index in [-0.39, 0.29) is 6.61 Å². The Morgan fingerprint density at radius 1 is 1.07 bits per heavy atom. The zero-order chi connectivity index (χ0) is 19.5. The van der Waals surface area contributed by atoms with Crippen LogP contribution in [0.5, 0.6) is 5.75 Å². The molecule has 4 rings (SSSR count). The highest BCUT2D eigenvalue weighted by molar-refractivity contribution is 7.13. The average Bonchev–Trinajstić information content (AvgIpc) is 3.46. The molecule has 0 unspecified atom stereocenters. The monoisotopic (exact) mass is 412 g/mol. The first-order chi connectivity index (χ1) is 13.6. The van der Waals surface area contributed by atoms with Crippen LogP contribution < -0.4 is 4.74 Å². The first-order valence-corrected chi connectivity index (χ1v) is 10.1. The topological polar surface area (TPSA) is 79.1 Å². The molecule has 28 heavy (non-hydrogen) atoms. The molecular weight excluding hydrogens is 396 g/mol. The van der Waals surface area contributed by atoms with E-state index in [1.165, 1.54) is 22.7 Å². The third-order valence-corrected chi connectivity index (χ3v) is 5.74. The Morgan fingerprint density at radius 2 is 1.82 bits per heavy atom. The minimum absolute atomic E-state index is 0.102. The van der Waals surface area contributed by atoms with Gasteiger partial charge in [0, 0.05) is 35.1 Å². The molecule has 0 fully saturated rings. The summed E-state index contributed by atoms with van der Waals surface area (Å²) in [5.41, 5.74) is 2.85. The van der Waals surface area contributed by atoms with Crippen LogP contribution in [0.25, 0.3) is 21.1 Å². The predicted octanol–water partition coefficient (Wildman–Crippen LogP) is 4.03. The maximum atomic E-state index is 12.3. The van der Waals surface area contributed by atoms with Gasteiger partial charge in [0.15, 0.2) is 5.69 Å². The molecule has 1 aromatic carbocycles. The van der Waals surface area contributed by atoms with Gasteiger partial charge in [0.25, 0.3) is 0 Å². The summed E-state index contributed by atoms with van der Waals surface area (Å²) in [6, 6.07) is 7.53. The molecule has 0 aliphatic heterocycles. The minimum atomic E-state index is -0.466. The van der Waals surface area contributed by atoms with Crippen molar-refractivity contribution in [1.29, 1.82) is 0 Å². The van der Waals surface area contributed by atoms with Crippen LogP contribution in [-0.2, 0) is 18.4 Å². The van der Waals surface area contributed by atoms with E-state index in [4.69, 9.17) is 9.47 Å². The van der Waals surface area contributed by atoms with Crippen molar-refractivity contribution >= 4 is 28.6 Å². The van der Waals surface area contributed by atoms with Gasteiger partial charge < -0.3 is 9.47 Å². The van der Waals surface area contributed by atoms with Crippen LogP contribution in [0, 0.1) is 0 Å². The Morgan fingerprint density at radius 3 is 2.54 bits per heavy atom. The maximum absolute atomic E-state index is 12.3. The highest BCUT2D eigenvalue weighted by Gasteiger charge is 2.15. The molecule has 7 nitrogen and oxygen atoms in total. The summed E-state index contributed by atoms with van der Waals surface area (Å²) in [6.45, 7) is 0.102. The second-order valence-corrected chi connectivity index (χ2v) is 7.61. The van der Waals surface area contributed by atoms with Gasteiger partial charge in [-0.05, 0) is 24.3 Å². The quantitative estimate of drug-likeness (QED) is 0.445. The normalized spacial score (nSPS) is 10.8. The lowest BCUT2D eigenvalue weighted by Gasteiger charge is -2.01. The second-order valence-electron chi connectivity index (χ2n) is 5.89. The number of aromatic nitrogens is 4. The number of rotatable bonds is 6. The molecule has 0 bridgehead atoms. The molecule has 0 amide bonds. The van der Waals surface area contributed by atoms with E-state index in [9.17, 15) is 4.79 Å². The highest BCUT2D eigenvalue weighted by atomic mass is 32.1. The fraction of sp³-hybridized carbons (Fsp3) is 0.158. The average molecular weight is 412 g/mol. The van der Waals surface area contributed by atoms with Crippen molar-refractivity contribution in [2.24, 2.45) is 7.05 Å². The Bertz CT molecular complexity index is 1100. The number of hydrogen-bond acceptors (Lipinski definition) is 8. The number of hydrogen-bond donors (Lipinski definition) is 0. The Hall–Kier alpha value is -3.04. The lowest BCUT2D eigenvalue weighted by atomic mass is 10.2. The van der Waals surface area contributed by atoms with Gasteiger partial charge in [-0.15, -0.1) is 22.7 Å². The van der Waals surface area contributed by atoms with Crippen molar-refractivity contribution in [3.63, 3.8) is 0 Å². The molecule has 3 heterocycles. The fourth-order valence-corrected chi connectivity index (χ4v) is 4.06. The molecule has 4 aromatic rings. The minimum Gasteiger partial charge on any atom is -0.497 e. The summed E-state index contributed by atoms with van der Waals surface area (Å²) < 4.78 is 12.2. The zero-order valence-electron chi connectivity index (χ0n) is 15.2. The predicted molar refractivity (Wildman–Crippen MR) is 108 cm³/mol. The summed E-state index contributed by atoms with van der Waals surface area (Å²) in [6.07, 6.45) is 3.65. The number of ether oxygens (including phenoxy) is 2. The number of esters is 1. The molecule has 0 atom stereocenters. The summed E-state index contributed by atoms with van der Waals surface area (Å²) in [7, 11) is 3.47. The van der Waals surface area contributed by atoms with Crippen molar-refractivity contribution in [2.45, 2.75) is 6.61 Å². The van der Waals surface area contributed by atoms with E-state index in [1.54, 1.807) is 23.4 Å². The number of aryl methyl sites for hydroxylation is 1. The van der Waals surface area contributed by atoms with Gasteiger partial charge in [0.1, 0.15) is 22.4 Å². The molecule has 142 valence electrons. The van der Waals surface area contributed by atoms with Gasteiger partial charge in [-0.2, -0.15) is 5.10 Å². The summed E-state index contributed by atoms with van der Waals surface area (Å²) in [5.74, 6) is 0.306. The molecule has 0 spiro atoms. The van der Waals surface area contributed by atoms with Crippen molar-refractivity contribution in [1.82, 2.24) is 19.7 Å². The largest absolute Gasteiger partial charge is 0.497 e. The Labute approximate surface area is 169 Å². The van der Waals surface area contributed by atoms with Crippen LogP contribution in [0.2, 0.25) is 0 Å². The van der Waals surface area contributed by atoms with Crippen LogP contribution in [-0.4, -0.2) is 32.8 Å². The molecule has 0 radical (unpaired) electrons. The second kappa shape index (κ2) is 7.91. The smallest absolute Gasteiger partial charge is 0.358 e. The SMILES string of the molecule is COc1ccc(-c2nc(C(=O)OCc3csc(-c4cnn(C)c4)n3)cs2)cc1. The maximum Gasteiger partial charge on any atom is 0.358 e. The number of nitrogens with zero attached hydrogens (tertiary/aromatic N) is 4. The number of carbonyl (C=O) groups excluding carboxylic acids is 1. The standard InChI is InChI=1S/C19H16N4O3S2/c1-23-8-13(7-20-23)18-21-14(10-27-18)9-26-19(24)16-11-28-17(22-16)12-3-5-15(25-2)6-4-12/h3-8,10-11H,9H2,1-2H3. The zero-order valence-corrected chi connectivity index (χ0v) is 16.8. The highest BCUT2D eigenvalue weighted by Crippen LogP contribution is 2.26. The van der Waals surface area contributed by atoms with Crippen LogP contribution in [0.4, 0.5) is 0 Å². The number of benzene rings is 1. The number of thiazole rings is 2. The van der Waals surface area contributed by atoms with Gasteiger partial charge in [0.2, 0.25) is 0 Å². The van der Waals surface area contributed by atoms with E-state index in [1.807, 2.05) is 42.9 Å². The van der Waals surface area contributed by atoms with Gasteiger partial charge >= 0.3 is 5.97 Å². The molecule has 0 saturated carbocycles. The number of carbonyl (C=O) groups is 1. The van der Waals surface area contributed by atoms with Crippen molar-refractivity contribution in [2.75, 3.05) is 7.11 Å².